The van der Waals surface area contributed by atoms with Crippen LogP contribution in [0.1, 0.15) is 11.1 Å². The van der Waals surface area contributed by atoms with Gasteiger partial charge in [-0.15, -0.1) is 37.2 Å². The molecular weight excluding hydrogens is 551 g/mol. The van der Waals surface area contributed by atoms with E-state index in [0.29, 0.717) is 12.3 Å². The van der Waals surface area contributed by atoms with E-state index in [-0.39, 0.29) is 49.6 Å². The van der Waals surface area contributed by atoms with E-state index in [9.17, 15) is 8.78 Å². The molecule has 38 heavy (non-hydrogen) atoms. The van der Waals surface area contributed by atoms with Gasteiger partial charge in [-0.05, 0) is 66.1 Å². The molecule has 0 N–H and O–H groups in total. The molecule has 0 saturated carbocycles. The Morgan fingerprint density at radius 2 is 1.47 bits per heavy atom. The molecule has 1 fully saturated rings. The Kier molecular flexibility index (Phi) is 12.5. The highest BCUT2D eigenvalue weighted by Gasteiger charge is 2.20. The van der Waals surface area contributed by atoms with Gasteiger partial charge in [0, 0.05) is 50.0 Å². The largest absolute Gasteiger partial charge is 0.490 e. The minimum Gasteiger partial charge on any atom is -0.490 e. The number of aromatic nitrogens is 1. The molecule has 1 atom stereocenters. The minimum atomic E-state index is -1.04. The summed E-state index contributed by atoms with van der Waals surface area (Å²) in [5, 5.41) is 0.986. The lowest BCUT2D eigenvalue weighted by atomic mass is 10.0. The smallest absolute Gasteiger partial charge is 0.147 e. The second-order valence-electron chi connectivity index (χ2n) is 9.02. The Balaban J connectivity index is 0.00000169. The first kappa shape index (κ1) is 31.6. The first-order chi connectivity index (χ1) is 17.1. The fourth-order valence-electron chi connectivity index (χ4n) is 4.51. The molecule has 0 aliphatic carbocycles. The lowest BCUT2D eigenvalue weighted by Gasteiger charge is -2.36. The van der Waals surface area contributed by atoms with Gasteiger partial charge in [0.05, 0.1) is 5.52 Å². The van der Waals surface area contributed by atoms with Gasteiger partial charge >= 0.3 is 0 Å². The van der Waals surface area contributed by atoms with Crippen LogP contribution >= 0.6 is 37.2 Å². The monoisotopic (exact) mass is 581 g/mol. The molecule has 0 radical (unpaired) electrons. The Bertz CT molecular complexity index is 1250. The number of piperazine rings is 1. The van der Waals surface area contributed by atoms with Gasteiger partial charge in [-0.3, -0.25) is 9.88 Å². The molecule has 0 amide bonds. The molecule has 1 aliphatic rings. The molecule has 1 saturated heterocycles. The molecule has 3 aromatic carbocycles. The molecule has 9 heteroatoms. The number of ether oxygens (including phenoxy) is 1. The number of hydrogen-bond donors (Lipinski definition) is 0. The Labute approximate surface area is 241 Å². The van der Waals surface area contributed by atoms with Crippen molar-refractivity contribution in [2.24, 2.45) is 0 Å². The van der Waals surface area contributed by atoms with Crippen LogP contribution in [0, 0.1) is 5.82 Å². The van der Waals surface area contributed by atoms with Gasteiger partial charge in [0.2, 0.25) is 0 Å². The van der Waals surface area contributed by atoms with Gasteiger partial charge in [-0.2, -0.15) is 0 Å². The summed E-state index contributed by atoms with van der Waals surface area (Å²) >= 11 is 0. The van der Waals surface area contributed by atoms with Crippen molar-refractivity contribution in [2.75, 3.05) is 44.2 Å². The zero-order chi connectivity index (χ0) is 24.0. The molecule has 5 rings (SSSR count). The molecule has 204 valence electrons. The van der Waals surface area contributed by atoms with Crippen molar-refractivity contribution in [1.82, 2.24) is 9.88 Å². The maximum atomic E-state index is 14.6. The Morgan fingerprint density at radius 3 is 2.16 bits per heavy atom. The number of halogens is 5. The summed E-state index contributed by atoms with van der Waals surface area (Å²) in [6, 6.07) is 24.7. The molecule has 4 aromatic rings. The lowest BCUT2D eigenvalue weighted by molar-refractivity contribution is 0.133. The standard InChI is InChI=1S/C29H29F2N3O.3ClH/c30-25-7-3-22(4-8-25)18-23-5-9-27(10-6-23)34-16-14-33(15-17-34)20-26(31)21-35-28-11-12-29-24(19-28)2-1-13-32-29;;;/h1-13,19,26H,14-18,20-21H2;3*1H. The lowest BCUT2D eigenvalue weighted by Crippen LogP contribution is -2.48. The zero-order valence-electron chi connectivity index (χ0n) is 20.8. The van der Waals surface area contributed by atoms with E-state index in [0.717, 1.165) is 49.1 Å². The third kappa shape index (κ3) is 8.43. The summed E-state index contributed by atoms with van der Waals surface area (Å²) in [5.74, 6) is 0.457. The topological polar surface area (TPSA) is 28.6 Å². The van der Waals surface area contributed by atoms with Gasteiger partial charge < -0.3 is 9.64 Å². The van der Waals surface area contributed by atoms with Gasteiger partial charge in [0.1, 0.15) is 24.3 Å². The van der Waals surface area contributed by atoms with Crippen molar-refractivity contribution < 1.29 is 13.5 Å². The summed E-state index contributed by atoms with van der Waals surface area (Å²) in [6.07, 6.45) is 1.49. The summed E-state index contributed by atoms with van der Waals surface area (Å²) < 4.78 is 33.4. The number of pyridine rings is 1. The number of anilines is 1. The number of benzene rings is 3. The molecule has 1 aliphatic heterocycles. The molecule has 0 spiro atoms. The molecular formula is C29H32Cl3F2N3O. The second kappa shape index (κ2) is 15.1. The van der Waals surface area contributed by atoms with Gasteiger partial charge in [0.25, 0.3) is 0 Å². The maximum Gasteiger partial charge on any atom is 0.147 e. The molecule has 2 heterocycles. The Hall–Kier alpha value is -2.64. The summed E-state index contributed by atoms with van der Waals surface area (Å²) in [6.45, 7) is 3.78. The second-order valence-corrected chi connectivity index (χ2v) is 9.02. The summed E-state index contributed by atoms with van der Waals surface area (Å²) in [4.78, 5) is 8.80. The van der Waals surface area contributed by atoms with Crippen LogP contribution in [0.25, 0.3) is 10.9 Å². The van der Waals surface area contributed by atoms with Crippen molar-refractivity contribution in [3.63, 3.8) is 0 Å². The van der Waals surface area contributed by atoms with Crippen molar-refractivity contribution in [3.05, 3.63) is 102 Å². The predicted molar refractivity (Wildman–Crippen MR) is 158 cm³/mol. The predicted octanol–water partition coefficient (Wildman–Crippen LogP) is 6.77. The van der Waals surface area contributed by atoms with Gasteiger partial charge in [-0.25, -0.2) is 8.78 Å². The molecule has 0 bridgehead atoms. The third-order valence-electron chi connectivity index (χ3n) is 6.46. The third-order valence-corrected chi connectivity index (χ3v) is 6.46. The van der Waals surface area contributed by atoms with E-state index in [2.05, 4.69) is 39.0 Å². The first-order valence-corrected chi connectivity index (χ1v) is 12.0. The van der Waals surface area contributed by atoms with Crippen molar-refractivity contribution in [1.29, 1.82) is 0 Å². The highest BCUT2D eigenvalue weighted by atomic mass is 35.5. The number of nitrogens with zero attached hydrogens (tertiary/aromatic N) is 3. The maximum absolute atomic E-state index is 14.6. The van der Waals surface area contributed by atoms with Crippen LogP contribution in [-0.4, -0.2) is 55.4 Å². The van der Waals surface area contributed by atoms with Crippen LogP contribution < -0.4 is 9.64 Å². The van der Waals surface area contributed by atoms with E-state index in [1.165, 1.54) is 23.4 Å². The fraction of sp³-hybridized carbons (Fsp3) is 0.276. The summed E-state index contributed by atoms with van der Waals surface area (Å²) in [7, 11) is 0. The van der Waals surface area contributed by atoms with E-state index in [1.54, 1.807) is 6.20 Å². The van der Waals surface area contributed by atoms with E-state index in [4.69, 9.17) is 4.74 Å². The van der Waals surface area contributed by atoms with E-state index < -0.39 is 6.17 Å². The van der Waals surface area contributed by atoms with Crippen LogP contribution in [0.3, 0.4) is 0 Å². The number of alkyl halides is 1. The average molecular weight is 583 g/mol. The van der Waals surface area contributed by atoms with Crippen LogP contribution in [0.2, 0.25) is 0 Å². The van der Waals surface area contributed by atoms with E-state index in [1.807, 2.05) is 42.5 Å². The highest BCUT2D eigenvalue weighted by molar-refractivity contribution is 5.86. The summed E-state index contributed by atoms with van der Waals surface area (Å²) in [5.41, 5.74) is 4.37. The quantitative estimate of drug-likeness (QED) is 0.229. The number of fused-ring (bicyclic) bond motifs is 1. The van der Waals surface area contributed by atoms with Crippen LogP contribution in [-0.2, 0) is 6.42 Å². The highest BCUT2D eigenvalue weighted by Crippen LogP contribution is 2.21. The average Bonchev–Trinajstić information content (AvgIpc) is 2.90. The van der Waals surface area contributed by atoms with Crippen LogP contribution in [0.15, 0.2) is 85.1 Å². The van der Waals surface area contributed by atoms with Crippen LogP contribution in [0.5, 0.6) is 5.75 Å². The SMILES string of the molecule is Cl.Cl.Cl.Fc1ccc(Cc2ccc(N3CCN(CC(F)COc4ccc5ncccc5c4)CC3)cc2)cc1. The Morgan fingerprint density at radius 1 is 0.816 bits per heavy atom. The molecule has 1 unspecified atom stereocenters. The van der Waals surface area contributed by atoms with E-state index >= 15 is 0 Å². The van der Waals surface area contributed by atoms with Crippen molar-refractivity contribution in [2.45, 2.75) is 12.6 Å². The van der Waals surface area contributed by atoms with Crippen molar-refractivity contribution >= 4 is 53.8 Å². The number of hydrogen-bond acceptors (Lipinski definition) is 4. The fourth-order valence-corrected chi connectivity index (χ4v) is 4.51. The minimum absolute atomic E-state index is 0. The molecule has 1 aromatic heterocycles. The van der Waals surface area contributed by atoms with Crippen molar-refractivity contribution in [3.8, 4) is 5.75 Å². The first-order valence-electron chi connectivity index (χ1n) is 12.0. The number of rotatable bonds is 8. The zero-order valence-corrected chi connectivity index (χ0v) is 23.3. The molecule has 4 nitrogen and oxygen atoms in total. The van der Waals surface area contributed by atoms with Gasteiger partial charge in [0.15, 0.2) is 0 Å². The normalized spacial score (nSPS) is 14.1. The van der Waals surface area contributed by atoms with Crippen LogP contribution in [0.4, 0.5) is 14.5 Å². The van der Waals surface area contributed by atoms with Gasteiger partial charge in [-0.1, -0.05) is 30.3 Å².